The molecule has 1 aromatic heterocycles. The molecule has 4 rings (SSSR count). The molecule has 2 amide bonds. The molecular formula is C27H30F2N4O2. The molecule has 0 spiro atoms. The Labute approximate surface area is 203 Å². The zero-order chi connectivity index (χ0) is 25.1. The lowest BCUT2D eigenvalue weighted by atomic mass is 9.94. The van der Waals surface area contributed by atoms with Crippen LogP contribution in [0.25, 0.3) is 0 Å². The third-order valence-corrected chi connectivity index (χ3v) is 6.39. The summed E-state index contributed by atoms with van der Waals surface area (Å²) in [6.07, 6.45) is 1.97. The van der Waals surface area contributed by atoms with Crippen LogP contribution in [0, 0.1) is 5.82 Å². The van der Waals surface area contributed by atoms with E-state index in [1.165, 1.54) is 11.0 Å². The highest BCUT2D eigenvalue weighted by Gasteiger charge is 2.40. The van der Waals surface area contributed by atoms with Crippen molar-refractivity contribution in [1.82, 2.24) is 20.0 Å². The SMILES string of the molecule is CC(C)c1ccc([C@@H](NC(=O)[C@@H]2C[C@@H](F)CN2C(=O)Cc2cnn(C)c2)c2ccccc2)cc1F. The second kappa shape index (κ2) is 10.4. The molecule has 6 nitrogen and oxygen atoms in total. The second-order valence-corrected chi connectivity index (χ2v) is 9.38. The number of aromatic nitrogens is 2. The van der Waals surface area contributed by atoms with E-state index in [-0.39, 0.29) is 37.0 Å². The van der Waals surface area contributed by atoms with Crippen LogP contribution in [0.4, 0.5) is 8.78 Å². The van der Waals surface area contributed by atoms with Gasteiger partial charge in [-0.25, -0.2) is 8.78 Å². The number of halogens is 2. The lowest BCUT2D eigenvalue weighted by molar-refractivity contribution is -0.138. The fourth-order valence-electron chi connectivity index (χ4n) is 4.58. The maximum atomic E-state index is 14.8. The fraction of sp³-hybridized carbons (Fsp3) is 0.370. The van der Waals surface area contributed by atoms with Gasteiger partial charge >= 0.3 is 0 Å². The van der Waals surface area contributed by atoms with Gasteiger partial charge in [0.1, 0.15) is 18.0 Å². The molecule has 1 N–H and O–H groups in total. The van der Waals surface area contributed by atoms with Gasteiger partial charge in [0.05, 0.1) is 25.2 Å². The van der Waals surface area contributed by atoms with Crippen molar-refractivity contribution in [2.45, 2.75) is 50.9 Å². The van der Waals surface area contributed by atoms with E-state index in [9.17, 15) is 18.4 Å². The smallest absolute Gasteiger partial charge is 0.243 e. The predicted octanol–water partition coefficient (Wildman–Crippen LogP) is 4.07. The van der Waals surface area contributed by atoms with E-state index in [2.05, 4.69) is 10.4 Å². The number of aryl methyl sites for hydroxylation is 1. The van der Waals surface area contributed by atoms with Crippen LogP contribution in [0.5, 0.6) is 0 Å². The number of hydrogen-bond donors (Lipinski definition) is 1. The molecule has 0 saturated carbocycles. The first-order chi connectivity index (χ1) is 16.7. The molecule has 1 saturated heterocycles. The van der Waals surface area contributed by atoms with Crippen molar-refractivity contribution in [3.05, 3.63) is 89.0 Å². The van der Waals surface area contributed by atoms with Crippen LogP contribution in [-0.2, 0) is 23.1 Å². The molecule has 0 aliphatic carbocycles. The third-order valence-electron chi connectivity index (χ3n) is 6.39. The predicted molar refractivity (Wildman–Crippen MR) is 129 cm³/mol. The summed E-state index contributed by atoms with van der Waals surface area (Å²) in [5.41, 5.74) is 2.63. The Morgan fingerprint density at radius 2 is 1.89 bits per heavy atom. The minimum Gasteiger partial charge on any atom is -0.343 e. The van der Waals surface area contributed by atoms with Gasteiger partial charge < -0.3 is 10.2 Å². The van der Waals surface area contributed by atoms with Crippen LogP contribution in [-0.4, -0.2) is 45.3 Å². The summed E-state index contributed by atoms with van der Waals surface area (Å²) in [5, 5.41) is 7.02. The summed E-state index contributed by atoms with van der Waals surface area (Å²) in [7, 11) is 1.75. The minimum atomic E-state index is -1.29. The van der Waals surface area contributed by atoms with E-state index in [4.69, 9.17) is 0 Å². The molecule has 184 valence electrons. The maximum absolute atomic E-state index is 14.8. The molecule has 2 heterocycles. The first kappa shape index (κ1) is 24.6. The number of alkyl halides is 1. The monoisotopic (exact) mass is 480 g/mol. The highest BCUT2D eigenvalue weighted by Crippen LogP contribution is 2.28. The van der Waals surface area contributed by atoms with Crippen LogP contribution < -0.4 is 5.32 Å². The van der Waals surface area contributed by atoms with Gasteiger partial charge in [-0.05, 0) is 34.2 Å². The quantitative estimate of drug-likeness (QED) is 0.554. The van der Waals surface area contributed by atoms with Gasteiger partial charge in [-0.3, -0.25) is 14.3 Å². The number of benzene rings is 2. The van der Waals surface area contributed by atoms with Crippen molar-refractivity contribution in [3.63, 3.8) is 0 Å². The lowest BCUT2D eigenvalue weighted by Gasteiger charge is -2.27. The molecule has 35 heavy (non-hydrogen) atoms. The van der Waals surface area contributed by atoms with Gasteiger partial charge in [0.25, 0.3) is 0 Å². The minimum absolute atomic E-state index is 0.0215. The first-order valence-electron chi connectivity index (χ1n) is 11.8. The summed E-state index contributed by atoms with van der Waals surface area (Å²) >= 11 is 0. The molecule has 1 fully saturated rings. The molecule has 0 bridgehead atoms. The average Bonchev–Trinajstić information content (AvgIpc) is 3.42. The normalized spacial score (nSPS) is 18.6. The number of nitrogens with zero attached hydrogens (tertiary/aromatic N) is 3. The number of amides is 2. The van der Waals surface area contributed by atoms with Gasteiger partial charge in [0.2, 0.25) is 11.8 Å². The van der Waals surface area contributed by atoms with Crippen LogP contribution in [0.3, 0.4) is 0 Å². The van der Waals surface area contributed by atoms with Crippen molar-refractivity contribution < 1.29 is 18.4 Å². The third kappa shape index (κ3) is 5.58. The summed E-state index contributed by atoms with van der Waals surface area (Å²) in [6, 6.07) is 12.6. The Hall–Kier alpha value is -3.55. The van der Waals surface area contributed by atoms with Crippen LogP contribution >= 0.6 is 0 Å². The number of carbonyl (C=O) groups is 2. The first-order valence-corrected chi connectivity index (χ1v) is 11.8. The van der Waals surface area contributed by atoms with Crippen molar-refractivity contribution in [1.29, 1.82) is 0 Å². The van der Waals surface area contributed by atoms with E-state index in [0.717, 1.165) is 5.56 Å². The Morgan fingerprint density at radius 1 is 1.14 bits per heavy atom. The van der Waals surface area contributed by atoms with Crippen molar-refractivity contribution in [3.8, 4) is 0 Å². The van der Waals surface area contributed by atoms with Gasteiger partial charge in [-0.1, -0.05) is 56.3 Å². The summed E-state index contributed by atoms with van der Waals surface area (Å²) in [5.74, 6) is -1.12. The number of hydrogen-bond acceptors (Lipinski definition) is 3. The zero-order valence-corrected chi connectivity index (χ0v) is 20.1. The molecule has 8 heteroatoms. The van der Waals surface area contributed by atoms with Gasteiger partial charge in [0, 0.05) is 19.7 Å². The number of likely N-dealkylation sites (tertiary alicyclic amines) is 1. The van der Waals surface area contributed by atoms with E-state index >= 15 is 0 Å². The van der Waals surface area contributed by atoms with Crippen molar-refractivity contribution in [2.24, 2.45) is 7.05 Å². The topological polar surface area (TPSA) is 67.2 Å². The van der Waals surface area contributed by atoms with Crippen molar-refractivity contribution >= 4 is 11.8 Å². The summed E-state index contributed by atoms with van der Waals surface area (Å²) in [6.45, 7) is 3.70. The highest BCUT2D eigenvalue weighted by atomic mass is 19.1. The maximum Gasteiger partial charge on any atom is 0.243 e. The number of nitrogens with one attached hydrogen (secondary N) is 1. The second-order valence-electron chi connectivity index (χ2n) is 9.38. The zero-order valence-electron chi connectivity index (χ0n) is 20.1. The largest absolute Gasteiger partial charge is 0.343 e. The van der Waals surface area contributed by atoms with Gasteiger partial charge in [-0.15, -0.1) is 0 Å². The standard InChI is InChI=1S/C27H30F2N4O2/c1-17(2)22-10-9-20(12-23(22)29)26(19-7-5-4-6-8-19)31-27(35)24-13-21(28)16-33(24)25(34)11-18-14-30-32(3)15-18/h4-10,12,14-15,17,21,24,26H,11,13,16H2,1-3H3,(H,31,35)/t21-,24+,26+/m1/s1. The van der Waals surface area contributed by atoms with E-state index < -0.39 is 24.2 Å². The number of rotatable bonds is 7. The molecule has 2 aromatic carbocycles. The van der Waals surface area contributed by atoms with E-state index in [0.29, 0.717) is 16.7 Å². The van der Waals surface area contributed by atoms with E-state index in [1.54, 1.807) is 36.3 Å². The molecule has 1 aliphatic heterocycles. The molecular weight excluding hydrogens is 450 g/mol. The molecule has 3 aromatic rings. The van der Waals surface area contributed by atoms with Crippen LogP contribution in [0.2, 0.25) is 0 Å². The summed E-state index contributed by atoms with van der Waals surface area (Å²) < 4.78 is 30.8. The van der Waals surface area contributed by atoms with Gasteiger partial charge in [-0.2, -0.15) is 5.10 Å². The highest BCUT2D eigenvalue weighted by molar-refractivity contribution is 5.89. The Bertz CT molecular complexity index is 1190. The average molecular weight is 481 g/mol. The van der Waals surface area contributed by atoms with Crippen LogP contribution in [0.15, 0.2) is 60.9 Å². The molecule has 0 unspecified atom stereocenters. The molecule has 3 atom stereocenters. The Morgan fingerprint density at radius 3 is 2.51 bits per heavy atom. The lowest BCUT2D eigenvalue weighted by Crippen LogP contribution is -2.47. The Kier molecular flexibility index (Phi) is 7.28. The number of carbonyl (C=O) groups excluding carboxylic acids is 2. The molecule has 1 aliphatic rings. The Balaban J connectivity index is 1.58. The fourth-order valence-corrected chi connectivity index (χ4v) is 4.58. The molecule has 0 radical (unpaired) electrons. The van der Waals surface area contributed by atoms with E-state index in [1.807, 2.05) is 44.2 Å². The van der Waals surface area contributed by atoms with Gasteiger partial charge in [0.15, 0.2) is 0 Å². The van der Waals surface area contributed by atoms with Crippen molar-refractivity contribution in [2.75, 3.05) is 6.54 Å². The van der Waals surface area contributed by atoms with Crippen LogP contribution in [0.1, 0.15) is 54.5 Å². The summed E-state index contributed by atoms with van der Waals surface area (Å²) in [4.78, 5) is 27.6.